The molecule has 20 heavy (non-hydrogen) atoms. The van der Waals surface area contributed by atoms with Gasteiger partial charge >= 0.3 is 0 Å². The summed E-state index contributed by atoms with van der Waals surface area (Å²) in [4.78, 5) is 0. The van der Waals surface area contributed by atoms with Crippen LogP contribution in [0, 0.1) is 27.7 Å². The van der Waals surface area contributed by atoms with E-state index in [1.807, 2.05) is 0 Å². The van der Waals surface area contributed by atoms with Crippen molar-refractivity contribution in [1.29, 1.82) is 0 Å². The van der Waals surface area contributed by atoms with Gasteiger partial charge in [-0.05, 0) is 56.5 Å². The summed E-state index contributed by atoms with van der Waals surface area (Å²) in [6.07, 6.45) is 6.49. The second-order valence-electron chi connectivity index (χ2n) is 5.76. The van der Waals surface area contributed by atoms with Gasteiger partial charge < -0.3 is 4.40 Å². The molecular formula is C18H21N2+. The molecule has 0 radical (unpaired) electrons. The largest absolute Gasteiger partial charge is 0.323 e. The Balaban J connectivity index is 2.43. The van der Waals surface area contributed by atoms with Crippen LogP contribution in [0.1, 0.15) is 22.3 Å². The molecule has 0 saturated carbocycles. The highest BCUT2D eigenvalue weighted by molar-refractivity contribution is 5.82. The van der Waals surface area contributed by atoms with Crippen LogP contribution in [0.15, 0.2) is 36.8 Å². The quantitative estimate of drug-likeness (QED) is 0.593. The lowest BCUT2D eigenvalue weighted by Gasteiger charge is -2.10. The second-order valence-corrected chi connectivity index (χ2v) is 5.76. The van der Waals surface area contributed by atoms with Gasteiger partial charge in [-0.15, -0.1) is 0 Å². The minimum Gasteiger partial charge on any atom is -0.323 e. The molecule has 0 atom stereocenters. The van der Waals surface area contributed by atoms with Crippen molar-refractivity contribution in [3.8, 4) is 11.3 Å². The maximum absolute atomic E-state index is 2.30. The molecule has 0 aliphatic carbocycles. The molecule has 0 aromatic carbocycles. The zero-order valence-corrected chi connectivity index (χ0v) is 12.9. The van der Waals surface area contributed by atoms with Gasteiger partial charge in [-0.2, -0.15) is 0 Å². The molecule has 2 nitrogen and oxygen atoms in total. The molecule has 3 rings (SSSR count). The fourth-order valence-electron chi connectivity index (χ4n) is 2.92. The van der Waals surface area contributed by atoms with Crippen LogP contribution >= 0.6 is 0 Å². The monoisotopic (exact) mass is 265 g/mol. The molecular weight excluding hydrogens is 244 g/mol. The number of hydrogen-bond donors (Lipinski definition) is 0. The predicted molar refractivity (Wildman–Crippen MR) is 83.0 cm³/mol. The molecule has 0 unspecified atom stereocenters. The molecule has 0 bridgehead atoms. The summed E-state index contributed by atoms with van der Waals surface area (Å²) in [5.74, 6) is 0. The summed E-state index contributed by atoms with van der Waals surface area (Å²) in [5, 5.41) is 0. The Morgan fingerprint density at radius 3 is 2.20 bits per heavy atom. The maximum Gasteiger partial charge on any atom is 0.214 e. The molecule has 3 aromatic heterocycles. The first-order chi connectivity index (χ1) is 9.49. The van der Waals surface area contributed by atoms with Crippen molar-refractivity contribution in [1.82, 2.24) is 4.40 Å². The van der Waals surface area contributed by atoms with Gasteiger partial charge in [0.15, 0.2) is 6.20 Å². The van der Waals surface area contributed by atoms with Gasteiger partial charge in [0, 0.05) is 24.0 Å². The van der Waals surface area contributed by atoms with Crippen LogP contribution in [0.2, 0.25) is 0 Å². The molecule has 3 aromatic rings. The van der Waals surface area contributed by atoms with E-state index in [4.69, 9.17) is 0 Å². The van der Waals surface area contributed by atoms with Gasteiger partial charge in [0.2, 0.25) is 5.69 Å². The predicted octanol–water partition coefficient (Wildman–Crippen LogP) is 3.66. The van der Waals surface area contributed by atoms with Gasteiger partial charge in [-0.25, -0.2) is 4.57 Å². The molecule has 2 heteroatoms. The van der Waals surface area contributed by atoms with Crippen LogP contribution in [-0.4, -0.2) is 4.40 Å². The van der Waals surface area contributed by atoms with Crippen molar-refractivity contribution in [2.75, 3.05) is 0 Å². The van der Waals surface area contributed by atoms with Gasteiger partial charge in [0.05, 0.1) is 11.1 Å². The number of fused-ring (bicyclic) bond motifs is 1. The first kappa shape index (κ1) is 12.9. The van der Waals surface area contributed by atoms with E-state index < -0.39 is 0 Å². The summed E-state index contributed by atoms with van der Waals surface area (Å²) >= 11 is 0. The molecule has 0 aliphatic heterocycles. The van der Waals surface area contributed by atoms with E-state index in [1.54, 1.807) is 0 Å². The lowest BCUT2D eigenvalue weighted by molar-refractivity contribution is -0.660. The van der Waals surface area contributed by atoms with Crippen molar-refractivity contribution < 1.29 is 4.57 Å². The molecule has 3 heterocycles. The first-order valence-electron chi connectivity index (χ1n) is 7.03. The summed E-state index contributed by atoms with van der Waals surface area (Å²) in [7, 11) is 2.13. The van der Waals surface area contributed by atoms with E-state index in [-0.39, 0.29) is 0 Å². The Labute approximate surface area is 120 Å². The highest BCUT2D eigenvalue weighted by atomic mass is 14.9. The standard InChI is InChI=1S/C18H21N2/c1-12-6-8-20-9-7-13(2)18(20)17(12)16-10-14(3)15(4)11-19(16)5/h6-11H,1-5H3/q+1. The third kappa shape index (κ3) is 1.83. The number of aromatic nitrogens is 2. The molecule has 0 aliphatic rings. The van der Waals surface area contributed by atoms with Crippen molar-refractivity contribution >= 4 is 5.52 Å². The lowest BCUT2D eigenvalue weighted by atomic mass is 10.0. The highest BCUT2D eigenvalue weighted by Gasteiger charge is 2.18. The van der Waals surface area contributed by atoms with E-state index in [2.05, 4.69) is 80.5 Å². The molecule has 0 spiro atoms. The summed E-state index contributed by atoms with van der Waals surface area (Å²) in [6, 6.07) is 6.67. The van der Waals surface area contributed by atoms with E-state index in [0.29, 0.717) is 0 Å². The SMILES string of the molecule is Cc1cc(-c2c(C)ccn3ccc(C)c23)[n+](C)cc1C. The summed E-state index contributed by atoms with van der Waals surface area (Å²) in [6.45, 7) is 8.71. The Hall–Kier alpha value is -2.09. The number of nitrogens with zero attached hydrogens (tertiary/aromatic N) is 2. The van der Waals surface area contributed by atoms with E-state index in [9.17, 15) is 0 Å². The zero-order valence-electron chi connectivity index (χ0n) is 12.9. The Bertz CT molecular complexity index is 810. The maximum atomic E-state index is 2.30. The fourth-order valence-corrected chi connectivity index (χ4v) is 2.92. The lowest BCUT2D eigenvalue weighted by Crippen LogP contribution is -2.31. The minimum atomic E-state index is 1.28. The van der Waals surface area contributed by atoms with Crippen molar-refractivity contribution in [2.45, 2.75) is 27.7 Å². The zero-order chi connectivity index (χ0) is 14.4. The van der Waals surface area contributed by atoms with Gasteiger partial charge in [0.1, 0.15) is 7.05 Å². The van der Waals surface area contributed by atoms with Crippen molar-refractivity contribution in [3.05, 3.63) is 59.0 Å². The van der Waals surface area contributed by atoms with E-state index in [0.717, 1.165) is 0 Å². The molecule has 0 saturated heterocycles. The van der Waals surface area contributed by atoms with Gasteiger partial charge in [-0.3, -0.25) is 0 Å². The normalized spacial score (nSPS) is 11.2. The van der Waals surface area contributed by atoms with E-state index >= 15 is 0 Å². The summed E-state index contributed by atoms with van der Waals surface area (Å²) < 4.78 is 4.45. The number of aryl methyl sites for hydroxylation is 5. The minimum absolute atomic E-state index is 1.28. The first-order valence-corrected chi connectivity index (χ1v) is 7.03. The number of hydrogen-bond acceptors (Lipinski definition) is 0. The van der Waals surface area contributed by atoms with Crippen molar-refractivity contribution in [2.24, 2.45) is 7.05 Å². The van der Waals surface area contributed by atoms with Crippen LogP contribution in [0.4, 0.5) is 0 Å². The van der Waals surface area contributed by atoms with E-state index in [1.165, 1.54) is 39.0 Å². The average Bonchev–Trinajstić information content (AvgIpc) is 2.77. The highest BCUT2D eigenvalue weighted by Crippen LogP contribution is 2.29. The number of pyridine rings is 2. The Morgan fingerprint density at radius 2 is 1.50 bits per heavy atom. The molecule has 0 N–H and O–H groups in total. The van der Waals surface area contributed by atoms with Crippen LogP contribution in [0.5, 0.6) is 0 Å². The van der Waals surface area contributed by atoms with Crippen LogP contribution in [0.3, 0.4) is 0 Å². The fraction of sp³-hybridized carbons (Fsp3) is 0.278. The molecule has 102 valence electrons. The Kier molecular flexibility index (Phi) is 2.89. The Morgan fingerprint density at radius 1 is 0.850 bits per heavy atom. The topological polar surface area (TPSA) is 8.29 Å². The third-order valence-electron chi connectivity index (χ3n) is 4.23. The second kappa shape index (κ2) is 4.48. The van der Waals surface area contributed by atoms with Crippen LogP contribution in [-0.2, 0) is 7.05 Å². The van der Waals surface area contributed by atoms with Crippen LogP contribution < -0.4 is 4.57 Å². The smallest absolute Gasteiger partial charge is 0.214 e. The van der Waals surface area contributed by atoms with Gasteiger partial charge in [0.25, 0.3) is 0 Å². The molecule has 0 fully saturated rings. The molecule has 0 amide bonds. The van der Waals surface area contributed by atoms with Crippen LogP contribution in [0.25, 0.3) is 16.8 Å². The summed E-state index contributed by atoms with van der Waals surface area (Å²) in [5.41, 5.74) is 9.22. The average molecular weight is 265 g/mol. The van der Waals surface area contributed by atoms with Gasteiger partial charge in [-0.1, -0.05) is 0 Å². The number of rotatable bonds is 1. The third-order valence-corrected chi connectivity index (χ3v) is 4.23. The van der Waals surface area contributed by atoms with Crippen molar-refractivity contribution in [3.63, 3.8) is 0 Å².